The first-order valence-corrected chi connectivity index (χ1v) is 16.7. The topological polar surface area (TPSA) is 117 Å². The van der Waals surface area contributed by atoms with Crippen molar-refractivity contribution in [2.75, 3.05) is 25.7 Å². The number of aromatic nitrogens is 3. The maximum Gasteiger partial charge on any atom is 0.242 e. The molecule has 2 aliphatic rings. The lowest BCUT2D eigenvalue weighted by molar-refractivity contribution is -0.128. The number of hydrogen-bond acceptors (Lipinski definition) is 8. The van der Waals surface area contributed by atoms with Gasteiger partial charge < -0.3 is 9.47 Å². The lowest BCUT2D eigenvalue weighted by Crippen LogP contribution is -2.43. The number of fused-ring (bicyclic) bond motifs is 3. The second kappa shape index (κ2) is 10.7. The highest BCUT2D eigenvalue weighted by molar-refractivity contribution is 7.91. The number of imidazole rings is 1. The van der Waals surface area contributed by atoms with Crippen LogP contribution in [0.1, 0.15) is 56.4 Å². The minimum atomic E-state index is -4.12. The molecule has 2 unspecified atom stereocenters. The molecule has 0 amide bonds. The molecule has 3 atom stereocenters. The number of benzene rings is 1. The first-order valence-electron chi connectivity index (χ1n) is 13.7. The number of carbonyl (C=O) groups excluding carboxylic acids is 1. The standard InChI is InChI=1S/C30H37N3O6S2/c1-19-17-31-23(20(2)27(19)39-6)9-7-8-14-40(35)28-32-24-11-10-22(38-5)16-25(24)33(28)41(36,37)18-30-13-12-21(15-26(30)34)29(30,3)4/h7,9-11,16-17,21H,8,12-15,18H2,1-6H3/b9-7+/t21?,30?,40-/m1/s1. The molecule has 220 valence electrons. The van der Waals surface area contributed by atoms with Crippen molar-refractivity contribution in [2.24, 2.45) is 16.7 Å². The van der Waals surface area contributed by atoms with Crippen LogP contribution in [0.25, 0.3) is 17.1 Å². The average molecular weight is 600 g/mol. The largest absolute Gasteiger partial charge is 0.497 e. The molecule has 9 nitrogen and oxygen atoms in total. The van der Waals surface area contributed by atoms with Crippen molar-refractivity contribution in [2.45, 2.75) is 58.5 Å². The zero-order chi connectivity index (χ0) is 29.7. The Hall–Kier alpha value is -3.05. The summed E-state index contributed by atoms with van der Waals surface area (Å²) in [4.78, 5) is 22.2. The molecule has 0 radical (unpaired) electrons. The molecule has 2 bridgehead atoms. The van der Waals surface area contributed by atoms with Crippen molar-refractivity contribution in [1.82, 2.24) is 13.9 Å². The highest BCUT2D eigenvalue weighted by Gasteiger charge is 2.65. The fraction of sp³-hybridized carbons (Fsp3) is 0.500. The third-order valence-corrected chi connectivity index (χ3v) is 12.5. The Morgan fingerprint density at radius 2 is 1.95 bits per heavy atom. The van der Waals surface area contributed by atoms with Gasteiger partial charge in [0.2, 0.25) is 15.2 Å². The number of Topliss-reactive ketones (excluding diaryl/α,β-unsaturated/α-hetero) is 1. The van der Waals surface area contributed by atoms with Gasteiger partial charge in [-0.05, 0) is 62.7 Å². The van der Waals surface area contributed by atoms with E-state index in [4.69, 9.17) is 9.47 Å². The number of ether oxygens (including phenoxy) is 2. The number of nitrogens with zero attached hydrogens (tertiary/aromatic N) is 3. The second-order valence-electron chi connectivity index (χ2n) is 11.7. The molecule has 2 fully saturated rings. The molecule has 2 heterocycles. The van der Waals surface area contributed by atoms with Crippen LogP contribution < -0.4 is 9.47 Å². The van der Waals surface area contributed by atoms with Crippen molar-refractivity contribution in [1.29, 1.82) is 0 Å². The van der Waals surface area contributed by atoms with Gasteiger partial charge in [-0.25, -0.2) is 17.4 Å². The van der Waals surface area contributed by atoms with Crippen molar-refractivity contribution in [3.63, 3.8) is 0 Å². The molecule has 5 rings (SSSR count). The van der Waals surface area contributed by atoms with Crippen molar-refractivity contribution in [3.8, 4) is 11.5 Å². The van der Waals surface area contributed by atoms with Crippen LogP contribution in [0.2, 0.25) is 0 Å². The van der Waals surface area contributed by atoms with Crippen molar-refractivity contribution in [3.05, 3.63) is 47.3 Å². The molecule has 0 N–H and O–H groups in total. The average Bonchev–Trinajstić information content (AvgIpc) is 3.49. The summed E-state index contributed by atoms with van der Waals surface area (Å²) in [5.74, 6) is 1.24. The lowest BCUT2D eigenvalue weighted by atomic mass is 9.70. The summed E-state index contributed by atoms with van der Waals surface area (Å²) in [5.41, 5.74) is 1.90. The summed E-state index contributed by atoms with van der Waals surface area (Å²) in [7, 11) is -2.74. The van der Waals surface area contributed by atoms with Crippen LogP contribution >= 0.6 is 0 Å². The monoisotopic (exact) mass is 599 g/mol. The van der Waals surface area contributed by atoms with Crippen LogP contribution in [0.3, 0.4) is 0 Å². The molecule has 3 aromatic rings. The minimum Gasteiger partial charge on any atom is -0.497 e. The van der Waals surface area contributed by atoms with E-state index >= 15 is 0 Å². The Bertz CT molecular complexity index is 1690. The molecule has 0 spiro atoms. The van der Waals surface area contributed by atoms with E-state index in [-0.39, 0.29) is 28.4 Å². The van der Waals surface area contributed by atoms with E-state index in [9.17, 15) is 17.4 Å². The van der Waals surface area contributed by atoms with E-state index in [1.54, 1.807) is 31.5 Å². The van der Waals surface area contributed by atoms with Gasteiger partial charge in [0.25, 0.3) is 0 Å². The van der Waals surface area contributed by atoms with Gasteiger partial charge in [-0.1, -0.05) is 19.9 Å². The predicted molar refractivity (Wildman–Crippen MR) is 159 cm³/mol. The van der Waals surface area contributed by atoms with E-state index in [0.29, 0.717) is 36.0 Å². The van der Waals surface area contributed by atoms with Crippen LogP contribution in [-0.2, 0) is 25.6 Å². The Morgan fingerprint density at radius 3 is 2.59 bits per heavy atom. The Morgan fingerprint density at radius 1 is 1.20 bits per heavy atom. The molecule has 2 saturated carbocycles. The molecule has 2 aromatic heterocycles. The van der Waals surface area contributed by atoms with E-state index in [1.165, 1.54) is 7.11 Å². The molecular formula is C30H37N3O6S2. The van der Waals surface area contributed by atoms with Gasteiger partial charge in [0.05, 0.1) is 52.9 Å². The van der Waals surface area contributed by atoms with E-state index in [0.717, 1.165) is 33.0 Å². The van der Waals surface area contributed by atoms with Gasteiger partial charge in [-0.15, -0.1) is 0 Å². The number of aryl methyl sites for hydroxylation is 1. The highest BCUT2D eigenvalue weighted by Crippen LogP contribution is 2.64. The first kappa shape index (κ1) is 29.4. The predicted octanol–water partition coefficient (Wildman–Crippen LogP) is 4.85. The normalized spacial score (nSPS) is 22.6. The number of rotatable bonds is 10. The zero-order valence-electron chi connectivity index (χ0n) is 24.4. The van der Waals surface area contributed by atoms with Gasteiger partial charge >= 0.3 is 0 Å². The molecule has 0 saturated heterocycles. The molecular weight excluding hydrogens is 562 g/mol. The van der Waals surface area contributed by atoms with Crippen molar-refractivity contribution < 1.29 is 26.9 Å². The number of hydrogen-bond donors (Lipinski definition) is 0. The Kier molecular flexibility index (Phi) is 7.65. The molecule has 11 heteroatoms. The molecule has 2 aliphatic carbocycles. The van der Waals surface area contributed by atoms with Crippen LogP contribution in [0.15, 0.2) is 35.6 Å². The summed E-state index contributed by atoms with van der Waals surface area (Å²) in [6.45, 7) is 7.87. The number of carbonyl (C=O) groups is 1. The third-order valence-electron chi connectivity index (χ3n) is 9.27. The SMILES string of the molecule is COc1ccc2nc([S@](=O)CC/C=C/c3ncc(C)c(OC)c3C)n(S(=O)(=O)CC34CCC(CC3=O)C4(C)C)c2c1. The summed E-state index contributed by atoms with van der Waals surface area (Å²) in [5, 5.41) is -0.0397. The summed E-state index contributed by atoms with van der Waals surface area (Å²) >= 11 is 0. The summed E-state index contributed by atoms with van der Waals surface area (Å²) in [6, 6.07) is 4.95. The van der Waals surface area contributed by atoms with Crippen LogP contribution in [0.4, 0.5) is 0 Å². The van der Waals surface area contributed by atoms with Gasteiger partial charge in [0.15, 0.2) is 0 Å². The van der Waals surface area contributed by atoms with Gasteiger partial charge in [0, 0.05) is 35.6 Å². The molecule has 0 aliphatic heterocycles. The zero-order valence-corrected chi connectivity index (χ0v) is 26.0. The van der Waals surface area contributed by atoms with E-state index in [2.05, 4.69) is 9.97 Å². The van der Waals surface area contributed by atoms with Crippen LogP contribution in [0, 0.1) is 30.6 Å². The Balaban J connectivity index is 1.47. The van der Waals surface area contributed by atoms with Crippen LogP contribution in [0.5, 0.6) is 11.5 Å². The fourth-order valence-corrected chi connectivity index (χ4v) is 10.5. The molecule has 41 heavy (non-hydrogen) atoms. The smallest absolute Gasteiger partial charge is 0.242 e. The van der Waals surface area contributed by atoms with Gasteiger partial charge in [-0.3, -0.25) is 14.0 Å². The Labute approximate surface area is 243 Å². The van der Waals surface area contributed by atoms with E-state index < -0.39 is 31.7 Å². The van der Waals surface area contributed by atoms with Gasteiger partial charge in [-0.2, -0.15) is 0 Å². The summed E-state index contributed by atoms with van der Waals surface area (Å²) < 4.78 is 54.0. The minimum absolute atomic E-state index is 0.00813. The van der Waals surface area contributed by atoms with Crippen LogP contribution in [-0.4, -0.2) is 58.1 Å². The number of methoxy groups -OCH3 is 2. The quantitative estimate of drug-likeness (QED) is 0.325. The fourth-order valence-electron chi connectivity index (χ4n) is 6.71. The van der Waals surface area contributed by atoms with Gasteiger partial charge in [0.1, 0.15) is 17.3 Å². The second-order valence-corrected chi connectivity index (χ2v) is 14.9. The number of pyridine rings is 1. The third kappa shape index (κ3) is 4.80. The van der Waals surface area contributed by atoms with Crippen molar-refractivity contribution >= 4 is 43.7 Å². The number of ketones is 1. The maximum atomic E-state index is 14.2. The lowest BCUT2D eigenvalue weighted by Gasteiger charge is -2.36. The van der Waals surface area contributed by atoms with E-state index in [1.807, 2.05) is 39.8 Å². The maximum absolute atomic E-state index is 14.2. The summed E-state index contributed by atoms with van der Waals surface area (Å²) in [6.07, 6.45) is 7.65. The first-order chi connectivity index (χ1) is 19.4. The highest BCUT2D eigenvalue weighted by atomic mass is 32.2. The number of allylic oxidation sites excluding steroid dienone is 1. The molecule has 1 aromatic carbocycles.